The maximum atomic E-state index is 11.9. The van der Waals surface area contributed by atoms with E-state index in [1.54, 1.807) is 11.9 Å². The van der Waals surface area contributed by atoms with E-state index < -0.39 is 0 Å². The van der Waals surface area contributed by atoms with Crippen LogP contribution < -0.4 is 0 Å². The van der Waals surface area contributed by atoms with Gasteiger partial charge in [-0.15, -0.1) is 0 Å². The zero-order chi connectivity index (χ0) is 12.5. The summed E-state index contributed by atoms with van der Waals surface area (Å²) in [6.45, 7) is 2.01. The lowest BCUT2D eigenvalue weighted by Crippen LogP contribution is -2.20. The fourth-order valence-corrected chi connectivity index (χ4v) is 1.44. The molecule has 1 aromatic carbocycles. The van der Waals surface area contributed by atoms with Crippen molar-refractivity contribution in [1.82, 2.24) is 4.90 Å². The molecule has 0 radical (unpaired) electrons. The molecule has 0 spiro atoms. The standard InChI is InChI=1S/C15H19NO/c1-3-4-5-6-10-13-16(2)15(17)14-11-8-7-9-12-14/h3-4,7-13H,5-6H2,1-2H3/b4-3+,13-10+. The van der Waals surface area contributed by atoms with Crippen LogP contribution in [-0.2, 0) is 0 Å². The minimum absolute atomic E-state index is 0.0212. The second kappa shape index (κ2) is 7.44. The summed E-state index contributed by atoms with van der Waals surface area (Å²) in [5.41, 5.74) is 0.716. The first-order valence-corrected chi connectivity index (χ1v) is 5.85. The summed E-state index contributed by atoms with van der Waals surface area (Å²) in [4.78, 5) is 13.5. The van der Waals surface area contributed by atoms with Gasteiger partial charge in [0.05, 0.1) is 0 Å². The van der Waals surface area contributed by atoms with E-state index in [-0.39, 0.29) is 5.91 Å². The lowest BCUT2D eigenvalue weighted by atomic mass is 10.2. The molecule has 0 aliphatic rings. The van der Waals surface area contributed by atoms with Gasteiger partial charge in [-0.2, -0.15) is 0 Å². The summed E-state index contributed by atoms with van der Waals surface area (Å²) in [7, 11) is 1.78. The molecule has 1 rings (SSSR count). The van der Waals surface area contributed by atoms with Crippen molar-refractivity contribution >= 4 is 5.91 Å². The van der Waals surface area contributed by atoms with Crippen molar-refractivity contribution in [3.05, 3.63) is 60.3 Å². The molecule has 1 amide bonds. The van der Waals surface area contributed by atoms with E-state index in [9.17, 15) is 4.79 Å². The Morgan fingerprint density at radius 1 is 1.18 bits per heavy atom. The van der Waals surface area contributed by atoms with Gasteiger partial charge >= 0.3 is 0 Å². The monoisotopic (exact) mass is 229 g/mol. The van der Waals surface area contributed by atoms with E-state index in [4.69, 9.17) is 0 Å². The van der Waals surface area contributed by atoms with Crippen LogP contribution >= 0.6 is 0 Å². The summed E-state index contributed by atoms with van der Waals surface area (Å²) in [6.07, 6.45) is 9.97. The molecule has 0 aliphatic carbocycles. The lowest BCUT2D eigenvalue weighted by molar-refractivity contribution is 0.0849. The van der Waals surface area contributed by atoms with Gasteiger partial charge in [0.15, 0.2) is 0 Å². The van der Waals surface area contributed by atoms with Gasteiger partial charge in [-0.25, -0.2) is 0 Å². The maximum absolute atomic E-state index is 11.9. The molecule has 0 heterocycles. The van der Waals surface area contributed by atoms with E-state index in [1.165, 1.54) is 0 Å². The molecule has 1 aromatic rings. The van der Waals surface area contributed by atoms with Gasteiger partial charge in [0, 0.05) is 18.8 Å². The van der Waals surface area contributed by atoms with Gasteiger partial charge in [-0.3, -0.25) is 4.79 Å². The molecule has 0 aliphatic heterocycles. The fourth-order valence-electron chi connectivity index (χ4n) is 1.44. The molecule has 0 saturated carbocycles. The smallest absolute Gasteiger partial charge is 0.257 e. The molecule has 17 heavy (non-hydrogen) atoms. The molecule has 2 nitrogen and oxygen atoms in total. The minimum atomic E-state index is 0.0212. The third-order valence-corrected chi connectivity index (χ3v) is 2.41. The molecule has 0 N–H and O–H groups in total. The number of nitrogens with zero attached hydrogens (tertiary/aromatic N) is 1. The zero-order valence-corrected chi connectivity index (χ0v) is 10.5. The summed E-state index contributed by atoms with van der Waals surface area (Å²) in [5, 5.41) is 0. The molecule has 90 valence electrons. The highest BCUT2D eigenvalue weighted by Crippen LogP contribution is 2.04. The highest BCUT2D eigenvalue weighted by atomic mass is 16.2. The number of amides is 1. The Morgan fingerprint density at radius 3 is 2.47 bits per heavy atom. The van der Waals surface area contributed by atoms with Crippen LogP contribution in [0.25, 0.3) is 0 Å². The van der Waals surface area contributed by atoms with Gasteiger partial charge < -0.3 is 4.90 Å². The van der Waals surface area contributed by atoms with Crippen LogP contribution in [0.4, 0.5) is 0 Å². The van der Waals surface area contributed by atoms with E-state index in [2.05, 4.69) is 6.08 Å². The van der Waals surface area contributed by atoms with Crippen molar-refractivity contribution in [1.29, 1.82) is 0 Å². The van der Waals surface area contributed by atoms with Crippen LogP contribution in [0.3, 0.4) is 0 Å². The van der Waals surface area contributed by atoms with Gasteiger partial charge in [-0.05, 0) is 31.9 Å². The Balaban J connectivity index is 2.47. The average molecular weight is 229 g/mol. The minimum Gasteiger partial charge on any atom is -0.318 e. The van der Waals surface area contributed by atoms with E-state index in [0.717, 1.165) is 12.8 Å². The molecule has 0 unspecified atom stereocenters. The topological polar surface area (TPSA) is 20.3 Å². The number of hydrogen-bond donors (Lipinski definition) is 0. The summed E-state index contributed by atoms with van der Waals surface area (Å²) >= 11 is 0. The number of carbonyl (C=O) groups is 1. The molecule has 0 atom stereocenters. The number of carbonyl (C=O) groups excluding carboxylic acids is 1. The zero-order valence-electron chi connectivity index (χ0n) is 10.5. The third-order valence-electron chi connectivity index (χ3n) is 2.41. The largest absolute Gasteiger partial charge is 0.318 e. The van der Waals surface area contributed by atoms with Crippen molar-refractivity contribution in [3.63, 3.8) is 0 Å². The van der Waals surface area contributed by atoms with Gasteiger partial charge in [0.2, 0.25) is 0 Å². The van der Waals surface area contributed by atoms with Crippen molar-refractivity contribution in [2.24, 2.45) is 0 Å². The van der Waals surface area contributed by atoms with Gasteiger partial charge in [-0.1, -0.05) is 36.4 Å². The van der Waals surface area contributed by atoms with Crippen molar-refractivity contribution in [2.75, 3.05) is 7.05 Å². The van der Waals surface area contributed by atoms with Gasteiger partial charge in [0.25, 0.3) is 5.91 Å². The lowest BCUT2D eigenvalue weighted by Gasteiger charge is -2.11. The highest BCUT2D eigenvalue weighted by molar-refractivity contribution is 5.94. The Labute approximate surface area is 103 Å². The van der Waals surface area contributed by atoms with E-state index in [0.29, 0.717) is 5.56 Å². The van der Waals surface area contributed by atoms with Crippen LogP contribution in [0.5, 0.6) is 0 Å². The van der Waals surface area contributed by atoms with Crippen molar-refractivity contribution < 1.29 is 4.79 Å². The Hall–Kier alpha value is -1.83. The quantitative estimate of drug-likeness (QED) is 0.557. The van der Waals surface area contributed by atoms with Crippen LogP contribution in [0.2, 0.25) is 0 Å². The molecule has 2 heteroatoms. The number of allylic oxidation sites excluding steroid dienone is 3. The maximum Gasteiger partial charge on any atom is 0.257 e. The normalized spacial score (nSPS) is 11.2. The first kappa shape index (κ1) is 13.2. The number of rotatable bonds is 5. The molecule has 0 saturated heterocycles. The van der Waals surface area contributed by atoms with Crippen LogP contribution in [0, 0.1) is 0 Å². The van der Waals surface area contributed by atoms with E-state index >= 15 is 0 Å². The predicted octanol–water partition coefficient (Wildman–Crippen LogP) is 3.63. The SMILES string of the molecule is C/C=C/CC/C=C/N(C)C(=O)c1ccccc1. The Kier molecular flexibility index (Phi) is 5.80. The van der Waals surface area contributed by atoms with Crippen LogP contribution in [0.15, 0.2) is 54.8 Å². The van der Waals surface area contributed by atoms with Crippen molar-refractivity contribution in [2.45, 2.75) is 19.8 Å². The first-order valence-electron chi connectivity index (χ1n) is 5.85. The summed E-state index contributed by atoms with van der Waals surface area (Å²) < 4.78 is 0. The Bertz CT molecular complexity index is 393. The second-order valence-electron chi connectivity index (χ2n) is 3.81. The predicted molar refractivity (Wildman–Crippen MR) is 71.7 cm³/mol. The molecule has 0 aromatic heterocycles. The molecule has 0 bridgehead atoms. The second-order valence-corrected chi connectivity index (χ2v) is 3.81. The Morgan fingerprint density at radius 2 is 1.82 bits per heavy atom. The number of unbranched alkanes of at least 4 members (excludes halogenated alkanes) is 1. The molecular weight excluding hydrogens is 210 g/mol. The van der Waals surface area contributed by atoms with Crippen LogP contribution in [-0.4, -0.2) is 17.9 Å². The van der Waals surface area contributed by atoms with Crippen molar-refractivity contribution in [3.8, 4) is 0 Å². The number of hydrogen-bond acceptors (Lipinski definition) is 1. The van der Waals surface area contributed by atoms with Gasteiger partial charge in [0.1, 0.15) is 0 Å². The van der Waals surface area contributed by atoms with E-state index in [1.807, 2.05) is 55.6 Å². The third kappa shape index (κ3) is 4.68. The fraction of sp³-hybridized carbons (Fsp3) is 0.267. The summed E-state index contributed by atoms with van der Waals surface area (Å²) in [5.74, 6) is 0.0212. The molecule has 0 fully saturated rings. The first-order chi connectivity index (χ1) is 8.25. The average Bonchev–Trinajstić information content (AvgIpc) is 2.38. The summed E-state index contributed by atoms with van der Waals surface area (Å²) in [6, 6.07) is 9.30. The highest BCUT2D eigenvalue weighted by Gasteiger charge is 2.07. The number of benzene rings is 1. The van der Waals surface area contributed by atoms with Crippen LogP contribution in [0.1, 0.15) is 30.1 Å². The molecular formula is C15H19NO.